The minimum Gasteiger partial charge on any atom is -0.470 e. The number of nitro benzene ring substituents is 1. The molecule has 4 aromatic rings. The first-order chi connectivity index (χ1) is 17.3. The molecule has 0 spiro atoms. The van der Waals surface area contributed by atoms with Gasteiger partial charge < -0.3 is 14.0 Å². The molecule has 0 saturated carbocycles. The molecule has 10 heteroatoms. The molecule has 0 amide bonds. The predicted octanol–water partition coefficient (Wildman–Crippen LogP) is 4.84. The van der Waals surface area contributed by atoms with Crippen molar-refractivity contribution in [2.45, 2.75) is 32.1 Å². The molecular weight excluding hydrogens is 530 g/mol. The van der Waals surface area contributed by atoms with Gasteiger partial charge in [0.15, 0.2) is 0 Å². The van der Waals surface area contributed by atoms with Gasteiger partial charge in [-0.15, -0.1) is 0 Å². The van der Waals surface area contributed by atoms with Crippen molar-refractivity contribution in [3.8, 4) is 17.1 Å². The molecule has 1 atom stereocenters. The van der Waals surface area contributed by atoms with E-state index in [1.807, 2.05) is 6.07 Å². The third kappa shape index (κ3) is 3.10. The van der Waals surface area contributed by atoms with Gasteiger partial charge in [0, 0.05) is 17.2 Å². The Kier molecular flexibility index (Phi) is 4.97. The van der Waals surface area contributed by atoms with Crippen LogP contribution in [-0.2, 0) is 28.3 Å². The van der Waals surface area contributed by atoms with Gasteiger partial charge in [0.2, 0.25) is 5.60 Å². The number of carbonyl (C=O) groups excluding carboxylic acids is 1. The smallest absolute Gasteiger partial charge is 0.355 e. The van der Waals surface area contributed by atoms with Crippen LogP contribution in [0.25, 0.3) is 22.3 Å². The number of aromatic nitrogens is 2. The Balaban J connectivity index is 1.58. The van der Waals surface area contributed by atoms with Crippen molar-refractivity contribution in [3.63, 3.8) is 0 Å². The summed E-state index contributed by atoms with van der Waals surface area (Å²) in [5.41, 5.74) is 1.14. The molecule has 0 unspecified atom stereocenters. The van der Waals surface area contributed by atoms with Crippen molar-refractivity contribution in [2.24, 2.45) is 0 Å². The second kappa shape index (κ2) is 7.99. The first kappa shape index (κ1) is 22.4. The highest BCUT2D eigenvalue weighted by atomic mass is 79.9. The molecule has 0 fully saturated rings. The van der Waals surface area contributed by atoms with Crippen LogP contribution >= 0.6 is 15.9 Å². The molecule has 36 heavy (non-hydrogen) atoms. The maximum atomic E-state index is 13.6. The molecule has 2 aromatic carbocycles. The second-order valence-corrected chi connectivity index (χ2v) is 9.55. The summed E-state index contributed by atoms with van der Waals surface area (Å²) in [7, 11) is 0. The first-order valence-electron chi connectivity index (χ1n) is 11.3. The number of rotatable bonds is 4. The summed E-state index contributed by atoms with van der Waals surface area (Å²) < 4.78 is 14.0. The van der Waals surface area contributed by atoms with Gasteiger partial charge in [-0.05, 0) is 52.7 Å². The topological polar surface area (TPSA) is 114 Å². The molecule has 0 bridgehead atoms. The van der Waals surface area contributed by atoms with Crippen LogP contribution in [0.1, 0.15) is 30.0 Å². The van der Waals surface area contributed by atoms with Gasteiger partial charge in [-0.2, -0.15) is 0 Å². The second-order valence-electron chi connectivity index (χ2n) is 8.70. The maximum absolute atomic E-state index is 13.6. The number of nitrogens with zero attached hydrogens (tertiary/aromatic N) is 3. The minimum absolute atomic E-state index is 0.0452. The highest BCUT2D eigenvalue weighted by Crippen LogP contribution is 2.43. The molecule has 180 valence electrons. The third-order valence-corrected chi connectivity index (χ3v) is 7.47. The normalized spacial score (nSPS) is 17.8. The van der Waals surface area contributed by atoms with Gasteiger partial charge in [-0.25, -0.2) is 9.78 Å². The van der Waals surface area contributed by atoms with E-state index in [0.717, 1.165) is 0 Å². The number of benzene rings is 2. The Bertz CT molecular complexity index is 1680. The van der Waals surface area contributed by atoms with Crippen LogP contribution < -0.4 is 10.3 Å². The zero-order valence-corrected chi connectivity index (χ0v) is 20.6. The van der Waals surface area contributed by atoms with Crippen LogP contribution in [0.5, 0.6) is 5.75 Å². The molecule has 0 saturated heterocycles. The lowest BCUT2D eigenvalue weighted by Gasteiger charge is -2.36. The van der Waals surface area contributed by atoms with Gasteiger partial charge in [0.1, 0.15) is 12.4 Å². The number of cyclic esters (lactones) is 1. The van der Waals surface area contributed by atoms with E-state index in [4.69, 9.17) is 14.5 Å². The summed E-state index contributed by atoms with van der Waals surface area (Å²) in [6.07, 6.45) is 0.229. The largest absolute Gasteiger partial charge is 0.470 e. The van der Waals surface area contributed by atoms with Crippen molar-refractivity contribution < 1.29 is 19.2 Å². The van der Waals surface area contributed by atoms with Crippen LogP contribution in [-0.4, -0.2) is 20.4 Å². The molecule has 2 aromatic heterocycles. The van der Waals surface area contributed by atoms with E-state index in [1.165, 1.54) is 6.07 Å². The SMILES string of the molecule is CC[C@@]1(Oc2ccccc2Br)C(=O)OCc2c1cc1n(c2=O)Cc2cc3c([N+](=O)[O-])cccc3nc2-1. The number of para-hydroxylation sites is 1. The summed E-state index contributed by atoms with van der Waals surface area (Å²) in [5, 5.41) is 11.9. The number of esters is 1. The van der Waals surface area contributed by atoms with E-state index < -0.39 is 16.5 Å². The number of hydrogen-bond donors (Lipinski definition) is 0. The summed E-state index contributed by atoms with van der Waals surface area (Å²) in [5.74, 6) is -0.125. The molecule has 4 heterocycles. The van der Waals surface area contributed by atoms with E-state index in [9.17, 15) is 19.7 Å². The van der Waals surface area contributed by atoms with Crippen molar-refractivity contribution in [1.29, 1.82) is 0 Å². The highest BCUT2D eigenvalue weighted by molar-refractivity contribution is 9.10. The third-order valence-electron chi connectivity index (χ3n) is 6.81. The van der Waals surface area contributed by atoms with Crippen LogP contribution in [0, 0.1) is 10.1 Å². The number of ether oxygens (including phenoxy) is 2. The Morgan fingerprint density at radius 3 is 2.75 bits per heavy atom. The Labute approximate surface area is 212 Å². The van der Waals surface area contributed by atoms with Crippen LogP contribution in [0.2, 0.25) is 0 Å². The average Bonchev–Trinajstić information content (AvgIpc) is 3.23. The molecule has 9 nitrogen and oxygen atoms in total. The van der Waals surface area contributed by atoms with Crippen LogP contribution in [0.15, 0.2) is 63.9 Å². The molecule has 2 aliphatic rings. The van der Waals surface area contributed by atoms with Crippen LogP contribution in [0.3, 0.4) is 0 Å². The number of non-ortho nitro benzene ring substituents is 1. The van der Waals surface area contributed by atoms with E-state index in [1.54, 1.807) is 54.0 Å². The number of carbonyl (C=O) groups is 1. The van der Waals surface area contributed by atoms with Gasteiger partial charge in [0.25, 0.3) is 11.2 Å². The number of halogens is 1. The summed E-state index contributed by atoms with van der Waals surface area (Å²) in [6, 6.07) is 15.4. The number of fused-ring (bicyclic) bond motifs is 5. The zero-order valence-electron chi connectivity index (χ0n) is 19.0. The predicted molar refractivity (Wildman–Crippen MR) is 134 cm³/mol. The Morgan fingerprint density at radius 2 is 2.00 bits per heavy atom. The quantitative estimate of drug-likeness (QED) is 0.180. The summed E-state index contributed by atoms with van der Waals surface area (Å²) >= 11 is 3.46. The van der Waals surface area contributed by atoms with Gasteiger partial charge in [-0.3, -0.25) is 14.9 Å². The molecular formula is C26H18BrN3O6. The van der Waals surface area contributed by atoms with Crippen molar-refractivity contribution in [1.82, 2.24) is 9.55 Å². The molecule has 0 N–H and O–H groups in total. The van der Waals surface area contributed by atoms with E-state index in [2.05, 4.69) is 15.9 Å². The van der Waals surface area contributed by atoms with E-state index >= 15 is 0 Å². The lowest BCUT2D eigenvalue weighted by molar-refractivity contribution is -0.383. The van der Waals surface area contributed by atoms with E-state index in [0.29, 0.717) is 49.2 Å². The Hall–Kier alpha value is -4.05. The number of hydrogen-bond acceptors (Lipinski definition) is 7. The minimum atomic E-state index is -1.52. The van der Waals surface area contributed by atoms with E-state index in [-0.39, 0.29) is 30.8 Å². The number of nitro groups is 1. The van der Waals surface area contributed by atoms with Gasteiger partial charge >= 0.3 is 5.97 Å². The highest BCUT2D eigenvalue weighted by Gasteiger charge is 2.49. The molecule has 6 rings (SSSR count). The molecule has 0 aliphatic carbocycles. The number of pyridine rings is 2. The fourth-order valence-electron chi connectivity index (χ4n) is 5.02. The first-order valence-corrected chi connectivity index (χ1v) is 12.1. The van der Waals surface area contributed by atoms with Gasteiger partial charge in [-0.1, -0.05) is 25.1 Å². The van der Waals surface area contributed by atoms with Crippen molar-refractivity contribution in [2.75, 3.05) is 0 Å². The Morgan fingerprint density at radius 1 is 1.19 bits per heavy atom. The maximum Gasteiger partial charge on any atom is 0.355 e. The lowest BCUT2D eigenvalue weighted by atomic mass is 9.85. The van der Waals surface area contributed by atoms with Crippen LogP contribution in [0.4, 0.5) is 5.69 Å². The molecule has 2 aliphatic heterocycles. The van der Waals surface area contributed by atoms with Crippen molar-refractivity contribution in [3.05, 3.63) is 96.2 Å². The fourth-order valence-corrected chi connectivity index (χ4v) is 5.38. The summed E-state index contributed by atoms with van der Waals surface area (Å²) in [4.78, 5) is 42.6. The average molecular weight is 548 g/mol. The molecule has 0 radical (unpaired) electrons. The van der Waals surface area contributed by atoms with Crippen molar-refractivity contribution >= 4 is 38.5 Å². The standard InChI is InChI=1S/C26H18BrN3O6/c1-2-26(36-22-9-4-3-6-18(22)27)17-11-21-23-14(12-29(21)24(31)16(17)13-35-25(26)32)10-15-19(28-23)7-5-8-20(15)30(33)34/h3-11H,2,12-13H2,1H3/t26-/m0/s1. The lowest BCUT2D eigenvalue weighted by Crippen LogP contribution is -2.48. The zero-order chi connectivity index (χ0) is 25.2. The van der Waals surface area contributed by atoms with Gasteiger partial charge in [0.05, 0.1) is 43.8 Å². The fraction of sp³-hybridized carbons (Fsp3) is 0.192. The summed E-state index contributed by atoms with van der Waals surface area (Å²) in [6.45, 7) is 1.85. The monoisotopic (exact) mass is 547 g/mol.